The van der Waals surface area contributed by atoms with Gasteiger partial charge in [-0.05, 0) is 12.1 Å². The number of carbonyl (C=O) groups excluding carboxylic acids is 1. The number of carboxylic acids is 1. The summed E-state index contributed by atoms with van der Waals surface area (Å²) >= 11 is 0. The van der Waals surface area contributed by atoms with Crippen molar-refractivity contribution in [2.45, 2.75) is 12.4 Å². The predicted molar refractivity (Wildman–Crippen MR) is 43.8 cm³/mol. The van der Waals surface area contributed by atoms with E-state index in [-0.39, 0.29) is 5.56 Å². The second kappa shape index (κ2) is 4.40. The van der Waals surface area contributed by atoms with Crippen molar-refractivity contribution in [3.8, 4) is 5.75 Å². The van der Waals surface area contributed by atoms with Gasteiger partial charge in [0, 0.05) is 5.56 Å². The monoisotopic (exact) mass is 235 g/mol. The van der Waals surface area contributed by atoms with E-state index >= 15 is 0 Å². The first-order valence-electron chi connectivity index (χ1n) is 4.19. The van der Waals surface area contributed by atoms with Crippen LogP contribution in [0.4, 0.5) is 13.2 Å². The molecular formula is C9H8F3NO3. The number of aliphatic carboxylic acids is 1. The number of hydrogen-bond acceptors (Lipinski definition) is 3. The maximum atomic E-state index is 11.9. The van der Waals surface area contributed by atoms with Gasteiger partial charge in [-0.1, -0.05) is 12.1 Å². The summed E-state index contributed by atoms with van der Waals surface area (Å²) in [6.07, 6.45) is -4.81. The Hall–Kier alpha value is -1.76. The maximum absolute atomic E-state index is 11.9. The Morgan fingerprint density at radius 2 is 2.06 bits per heavy atom. The molecular weight excluding hydrogens is 227 g/mol. The molecule has 0 radical (unpaired) electrons. The summed E-state index contributed by atoms with van der Waals surface area (Å²) < 4.78 is 39.2. The summed E-state index contributed by atoms with van der Waals surface area (Å²) in [6.45, 7) is 0. The normalized spacial score (nSPS) is 13.2. The molecule has 1 aromatic carbocycles. The molecule has 0 saturated heterocycles. The van der Waals surface area contributed by atoms with Crippen LogP contribution in [0.5, 0.6) is 5.75 Å². The summed E-state index contributed by atoms with van der Waals surface area (Å²) in [5.74, 6) is -1.95. The number of benzene rings is 1. The lowest BCUT2D eigenvalue weighted by atomic mass is 10.1. The second-order valence-electron chi connectivity index (χ2n) is 2.99. The van der Waals surface area contributed by atoms with E-state index in [0.29, 0.717) is 0 Å². The van der Waals surface area contributed by atoms with Crippen molar-refractivity contribution >= 4 is 5.97 Å². The standard InChI is InChI=1S/C9H8F3NO3/c10-9(11,12)16-6-3-1-2-5(4-6)7(13)8(14)15/h1-4,7H,13H2,(H,14,15)/t7-/m1/s1. The molecule has 1 aromatic rings. The first kappa shape index (κ1) is 12.3. The zero-order chi connectivity index (χ0) is 12.3. The third-order valence-corrected chi connectivity index (χ3v) is 1.78. The van der Waals surface area contributed by atoms with E-state index in [2.05, 4.69) is 10.5 Å². The Morgan fingerprint density at radius 1 is 1.44 bits per heavy atom. The van der Waals surface area contributed by atoms with E-state index in [1.54, 1.807) is 0 Å². The molecule has 1 atom stereocenters. The second-order valence-corrected chi connectivity index (χ2v) is 2.99. The van der Waals surface area contributed by atoms with Crippen molar-refractivity contribution in [1.82, 2.24) is 0 Å². The van der Waals surface area contributed by atoms with Crippen molar-refractivity contribution in [2.24, 2.45) is 0 Å². The van der Waals surface area contributed by atoms with Crippen LogP contribution in [-0.2, 0) is 4.79 Å². The van der Waals surface area contributed by atoms with Gasteiger partial charge in [0.05, 0.1) is 0 Å². The highest BCUT2D eigenvalue weighted by molar-refractivity contribution is 5.71. The van der Waals surface area contributed by atoms with Gasteiger partial charge in [0.2, 0.25) is 0 Å². The molecule has 0 amide bonds. The van der Waals surface area contributed by atoms with Gasteiger partial charge in [-0.15, -0.1) is 13.2 Å². The quantitative estimate of drug-likeness (QED) is 0.775. The number of rotatable bonds is 3. The minimum absolute atomic E-state index is 0.0850. The molecule has 0 unspecified atom stereocenters. The molecule has 0 aromatic heterocycles. The summed E-state index contributed by atoms with van der Waals surface area (Å²) in [6, 6.07) is 3.37. The predicted octanol–water partition coefficient (Wildman–Crippen LogP) is -0.382. The first-order chi connectivity index (χ1) is 7.29. The van der Waals surface area contributed by atoms with E-state index in [9.17, 15) is 23.1 Å². The van der Waals surface area contributed by atoms with Crippen LogP contribution in [0.1, 0.15) is 11.6 Å². The number of alkyl halides is 3. The zero-order valence-corrected chi connectivity index (χ0v) is 7.95. The van der Waals surface area contributed by atoms with Crippen LogP contribution < -0.4 is 15.6 Å². The topological polar surface area (TPSA) is 77.0 Å². The van der Waals surface area contributed by atoms with Crippen LogP contribution in [0.2, 0.25) is 0 Å². The Morgan fingerprint density at radius 3 is 2.56 bits per heavy atom. The lowest BCUT2D eigenvalue weighted by Gasteiger charge is -2.12. The number of quaternary nitrogens is 1. The van der Waals surface area contributed by atoms with Gasteiger partial charge in [-0.25, -0.2) is 0 Å². The highest BCUT2D eigenvalue weighted by atomic mass is 19.4. The fourth-order valence-electron chi connectivity index (χ4n) is 1.06. The van der Waals surface area contributed by atoms with Gasteiger partial charge in [-0.2, -0.15) is 0 Å². The molecule has 1 rings (SSSR count). The highest BCUT2D eigenvalue weighted by Crippen LogP contribution is 2.24. The van der Waals surface area contributed by atoms with Crippen LogP contribution in [0.3, 0.4) is 0 Å². The van der Waals surface area contributed by atoms with Crippen LogP contribution in [0.15, 0.2) is 24.3 Å². The SMILES string of the molecule is [NH3+][C@@H](C(=O)[O-])c1cccc(OC(F)(F)F)c1. The van der Waals surface area contributed by atoms with E-state index in [0.717, 1.165) is 12.1 Å². The Labute approximate surface area is 88.4 Å². The van der Waals surface area contributed by atoms with Crippen LogP contribution in [0, 0.1) is 0 Å². The summed E-state index contributed by atoms with van der Waals surface area (Å²) in [5, 5.41) is 10.5. The smallest absolute Gasteiger partial charge is 0.544 e. The van der Waals surface area contributed by atoms with Crippen molar-refractivity contribution in [3.05, 3.63) is 29.8 Å². The number of carboxylic acid groups (broad SMARTS) is 1. The van der Waals surface area contributed by atoms with E-state index in [1.165, 1.54) is 12.1 Å². The summed E-state index contributed by atoms with van der Waals surface area (Å²) in [4.78, 5) is 10.5. The average Bonchev–Trinajstić information content (AvgIpc) is 2.14. The molecule has 0 saturated carbocycles. The molecule has 0 aliphatic heterocycles. The van der Waals surface area contributed by atoms with E-state index < -0.39 is 24.1 Å². The Bertz CT molecular complexity index is 392. The number of ether oxygens (including phenoxy) is 1. The molecule has 0 aliphatic carbocycles. The highest BCUT2D eigenvalue weighted by Gasteiger charge is 2.31. The molecule has 88 valence electrons. The van der Waals surface area contributed by atoms with Crippen molar-refractivity contribution in [2.75, 3.05) is 0 Å². The fraction of sp³-hybridized carbons (Fsp3) is 0.222. The van der Waals surface area contributed by atoms with Gasteiger partial charge in [0.25, 0.3) is 0 Å². The summed E-state index contributed by atoms with van der Waals surface area (Å²) in [5.41, 5.74) is 3.33. The fourth-order valence-corrected chi connectivity index (χ4v) is 1.06. The molecule has 0 fully saturated rings. The first-order valence-corrected chi connectivity index (χ1v) is 4.19. The minimum atomic E-state index is -4.81. The third kappa shape index (κ3) is 3.43. The van der Waals surface area contributed by atoms with E-state index in [1.807, 2.05) is 0 Å². The van der Waals surface area contributed by atoms with Gasteiger partial charge in [-0.3, -0.25) is 0 Å². The molecule has 3 N–H and O–H groups in total. The van der Waals surface area contributed by atoms with Gasteiger partial charge >= 0.3 is 6.36 Å². The van der Waals surface area contributed by atoms with Crippen LogP contribution >= 0.6 is 0 Å². The molecule has 4 nitrogen and oxygen atoms in total. The van der Waals surface area contributed by atoms with Crippen molar-refractivity contribution < 1.29 is 33.5 Å². The number of carbonyl (C=O) groups is 1. The molecule has 16 heavy (non-hydrogen) atoms. The maximum Gasteiger partial charge on any atom is 0.573 e. The van der Waals surface area contributed by atoms with Gasteiger partial charge in [0.1, 0.15) is 11.7 Å². The molecule has 7 heteroatoms. The molecule has 0 spiro atoms. The molecule has 0 aliphatic rings. The number of hydrogen-bond donors (Lipinski definition) is 1. The minimum Gasteiger partial charge on any atom is -0.544 e. The molecule has 0 heterocycles. The van der Waals surface area contributed by atoms with E-state index in [4.69, 9.17) is 0 Å². The largest absolute Gasteiger partial charge is 0.573 e. The third-order valence-electron chi connectivity index (χ3n) is 1.78. The average molecular weight is 235 g/mol. The lowest BCUT2D eigenvalue weighted by molar-refractivity contribution is -0.443. The Balaban J connectivity index is 2.91. The lowest BCUT2D eigenvalue weighted by Crippen LogP contribution is -2.61. The number of halogens is 3. The van der Waals surface area contributed by atoms with Crippen molar-refractivity contribution in [3.63, 3.8) is 0 Å². The Kier molecular flexibility index (Phi) is 3.38. The summed E-state index contributed by atoms with van der Waals surface area (Å²) in [7, 11) is 0. The molecule has 0 bridgehead atoms. The van der Waals surface area contributed by atoms with Gasteiger partial charge < -0.3 is 20.4 Å². The van der Waals surface area contributed by atoms with Crippen LogP contribution in [0.25, 0.3) is 0 Å². The zero-order valence-electron chi connectivity index (χ0n) is 7.95. The van der Waals surface area contributed by atoms with Gasteiger partial charge in [0.15, 0.2) is 6.04 Å². The van der Waals surface area contributed by atoms with Crippen LogP contribution in [-0.4, -0.2) is 12.3 Å². The van der Waals surface area contributed by atoms with Crippen molar-refractivity contribution in [1.29, 1.82) is 0 Å².